The Morgan fingerprint density at radius 1 is 1.60 bits per heavy atom. The van der Waals surface area contributed by atoms with Gasteiger partial charge in [0.25, 0.3) is 0 Å². The summed E-state index contributed by atoms with van der Waals surface area (Å²) in [5, 5.41) is 5.38. The second kappa shape index (κ2) is 3.95. The molecule has 2 aromatic rings. The fraction of sp³-hybridized carbons (Fsp3) is 0.182. The van der Waals surface area contributed by atoms with Crippen molar-refractivity contribution in [2.45, 2.75) is 13.5 Å². The summed E-state index contributed by atoms with van der Waals surface area (Å²) in [7, 11) is 0. The highest BCUT2D eigenvalue weighted by atomic mass is 35.5. The van der Waals surface area contributed by atoms with Gasteiger partial charge in [0, 0.05) is 16.6 Å². The van der Waals surface area contributed by atoms with Crippen LogP contribution in [0.25, 0.3) is 10.9 Å². The van der Waals surface area contributed by atoms with Crippen LogP contribution in [0.3, 0.4) is 0 Å². The smallest absolute Gasteiger partial charge is 0.0706 e. The number of halogens is 1. The molecule has 0 radical (unpaired) electrons. The Bertz CT molecular complexity index is 514. The maximum absolute atomic E-state index is 5.73. The molecule has 3 nitrogen and oxygen atoms in total. The number of nitrogen functional groups attached to an aromatic ring is 1. The molecule has 15 heavy (non-hydrogen) atoms. The first-order valence-corrected chi connectivity index (χ1v) is 5.11. The van der Waals surface area contributed by atoms with Gasteiger partial charge >= 0.3 is 0 Å². The fourth-order valence-electron chi connectivity index (χ4n) is 1.48. The molecule has 1 heterocycles. The highest BCUT2D eigenvalue weighted by Crippen LogP contribution is 2.17. The van der Waals surface area contributed by atoms with Gasteiger partial charge in [0.05, 0.1) is 18.3 Å². The van der Waals surface area contributed by atoms with Gasteiger partial charge in [0.15, 0.2) is 0 Å². The first-order chi connectivity index (χ1) is 7.20. The Morgan fingerprint density at radius 3 is 3.13 bits per heavy atom. The Labute approximate surface area is 93.1 Å². The molecule has 2 rings (SSSR count). The van der Waals surface area contributed by atoms with E-state index < -0.39 is 0 Å². The van der Waals surface area contributed by atoms with E-state index in [-0.39, 0.29) is 0 Å². The third kappa shape index (κ3) is 1.97. The van der Waals surface area contributed by atoms with Gasteiger partial charge in [0.1, 0.15) is 0 Å². The molecule has 0 unspecified atom stereocenters. The molecule has 0 atom stereocenters. The summed E-state index contributed by atoms with van der Waals surface area (Å²) < 4.78 is 1.89. The standard InChI is InChI=1S/C11H12ClN3/c1-8(5-12)7-15-11-4-10(13)3-2-9(11)6-14-15/h2-6H,7,13H2,1H3/b8-5-. The zero-order chi connectivity index (χ0) is 10.8. The molecule has 0 saturated heterocycles. The third-order valence-electron chi connectivity index (χ3n) is 2.25. The predicted octanol–water partition coefficient (Wildman–Crippen LogP) is 2.76. The molecule has 2 N–H and O–H groups in total. The second-order valence-electron chi connectivity index (χ2n) is 3.58. The lowest BCUT2D eigenvalue weighted by molar-refractivity contribution is 0.703. The van der Waals surface area contributed by atoms with Crippen molar-refractivity contribution in [2.24, 2.45) is 0 Å². The van der Waals surface area contributed by atoms with Crippen LogP contribution in [0.2, 0.25) is 0 Å². The van der Waals surface area contributed by atoms with Crippen molar-refractivity contribution in [2.75, 3.05) is 5.73 Å². The van der Waals surface area contributed by atoms with E-state index in [9.17, 15) is 0 Å². The van der Waals surface area contributed by atoms with Gasteiger partial charge in [-0.25, -0.2) is 0 Å². The molecule has 0 bridgehead atoms. The van der Waals surface area contributed by atoms with E-state index in [0.29, 0.717) is 6.54 Å². The average molecular weight is 222 g/mol. The molecular formula is C11H12ClN3. The molecule has 78 valence electrons. The number of hydrogen-bond acceptors (Lipinski definition) is 2. The van der Waals surface area contributed by atoms with Crippen molar-refractivity contribution in [3.05, 3.63) is 35.5 Å². The molecule has 4 heteroatoms. The molecule has 0 aliphatic rings. The number of hydrogen-bond donors (Lipinski definition) is 1. The number of fused-ring (bicyclic) bond motifs is 1. The largest absolute Gasteiger partial charge is 0.399 e. The first kappa shape index (κ1) is 10.1. The van der Waals surface area contributed by atoms with Crippen LogP contribution in [0.1, 0.15) is 6.92 Å². The maximum atomic E-state index is 5.73. The number of nitrogens with two attached hydrogens (primary N) is 1. The topological polar surface area (TPSA) is 43.8 Å². The number of nitrogens with zero attached hydrogens (tertiary/aromatic N) is 2. The van der Waals surface area contributed by atoms with Crippen molar-refractivity contribution >= 4 is 28.2 Å². The number of aromatic nitrogens is 2. The first-order valence-electron chi connectivity index (χ1n) is 4.67. The fourth-order valence-corrected chi connectivity index (χ4v) is 1.55. The van der Waals surface area contributed by atoms with Crippen LogP contribution in [0, 0.1) is 0 Å². The average Bonchev–Trinajstić information content (AvgIpc) is 2.61. The van der Waals surface area contributed by atoms with Gasteiger partial charge in [-0.15, -0.1) is 0 Å². The minimum absolute atomic E-state index is 0.691. The van der Waals surface area contributed by atoms with E-state index in [1.54, 1.807) is 5.54 Å². The number of allylic oxidation sites excluding steroid dienone is 1. The molecule has 1 aromatic heterocycles. The Kier molecular flexibility index (Phi) is 2.64. The Morgan fingerprint density at radius 2 is 2.40 bits per heavy atom. The van der Waals surface area contributed by atoms with Crippen molar-refractivity contribution in [3.8, 4) is 0 Å². The van der Waals surface area contributed by atoms with E-state index in [1.165, 1.54) is 0 Å². The summed E-state index contributed by atoms with van der Waals surface area (Å²) in [5.41, 5.74) is 10.1. The second-order valence-corrected chi connectivity index (χ2v) is 3.79. The van der Waals surface area contributed by atoms with Crippen LogP contribution in [-0.4, -0.2) is 9.78 Å². The van der Waals surface area contributed by atoms with Crippen LogP contribution < -0.4 is 5.73 Å². The molecule has 0 amide bonds. The highest BCUT2D eigenvalue weighted by Gasteiger charge is 2.02. The van der Waals surface area contributed by atoms with Crippen LogP contribution in [0.4, 0.5) is 5.69 Å². The minimum atomic E-state index is 0.691. The maximum Gasteiger partial charge on any atom is 0.0706 e. The summed E-state index contributed by atoms with van der Waals surface area (Å²) in [6.07, 6.45) is 1.83. The van der Waals surface area contributed by atoms with Crippen molar-refractivity contribution in [3.63, 3.8) is 0 Å². The van der Waals surface area contributed by atoms with Gasteiger partial charge in [-0.1, -0.05) is 11.6 Å². The van der Waals surface area contributed by atoms with Gasteiger partial charge in [-0.2, -0.15) is 5.10 Å². The van der Waals surface area contributed by atoms with Gasteiger partial charge in [-0.3, -0.25) is 4.68 Å². The Balaban J connectivity index is 2.48. The summed E-state index contributed by atoms with van der Waals surface area (Å²) >= 11 is 5.62. The number of benzene rings is 1. The van der Waals surface area contributed by atoms with Gasteiger partial charge in [-0.05, 0) is 30.7 Å². The number of rotatable bonds is 2. The van der Waals surface area contributed by atoms with E-state index >= 15 is 0 Å². The summed E-state index contributed by atoms with van der Waals surface area (Å²) in [5.74, 6) is 0. The van der Waals surface area contributed by atoms with Gasteiger partial charge in [0.2, 0.25) is 0 Å². The SMILES string of the molecule is C/C(=C/Cl)Cn1ncc2ccc(N)cc21. The highest BCUT2D eigenvalue weighted by molar-refractivity contribution is 6.25. The molecule has 0 saturated carbocycles. The van der Waals surface area contributed by atoms with E-state index in [1.807, 2.05) is 36.0 Å². The third-order valence-corrected chi connectivity index (χ3v) is 2.63. The summed E-state index contributed by atoms with van der Waals surface area (Å²) in [4.78, 5) is 0. The molecule has 0 aliphatic carbocycles. The quantitative estimate of drug-likeness (QED) is 0.793. The van der Waals surface area contributed by atoms with Crippen LogP contribution >= 0.6 is 11.6 Å². The summed E-state index contributed by atoms with van der Waals surface area (Å²) in [6.45, 7) is 2.66. The predicted molar refractivity (Wildman–Crippen MR) is 63.8 cm³/mol. The van der Waals surface area contributed by atoms with Crippen molar-refractivity contribution in [1.29, 1.82) is 0 Å². The van der Waals surface area contributed by atoms with Crippen molar-refractivity contribution in [1.82, 2.24) is 9.78 Å². The molecule has 1 aromatic carbocycles. The van der Waals surface area contributed by atoms with Crippen LogP contribution in [0.5, 0.6) is 0 Å². The lowest BCUT2D eigenvalue weighted by Gasteiger charge is -2.03. The zero-order valence-electron chi connectivity index (χ0n) is 8.44. The monoisotopic (exact) mass is 221 g/mol. The lowest BCUT2D eigenvalue weighted by atomic mass is 10.2. The zero-order valence-corrected chi connectivity index (χ0v) is 9.20. The van der Waals surface area contributed by atoms with E-state index in [4.69, 9.17) is 17.3 Å². The van der Waals surface area contributed by atoms with Crippen molar-refractivity contribution < 1.29 is 0 Å². The van der Waals surface area contributed by atoms with E-state index in [2.05, 4.69) is 5.10 Å². The molecule has 0 aliphatic heterocycles. The minimum Gasteiger partial charge on any atom is -0.399 e. The summed E-state index contributed by atoms with van der Waals surface area (Å²) in [6, 6.07) is 5.76. The molecule has 0 fully saturated rings. The Hall–Kier alpha value is -1.48. The normalized spacial score (nSPS) is 12.3. The van der Waals surface area contributed by atoms with Crippen LogP contribution in [0.15, 0.2) is 35.5 Å². The number of anilines is 1. The lowest BCUT2D eigenvalue weighted by Crippen LogP contribution is -2.00. The van der Waals surface area contributed by atoms with Crippen LogP contribution in [-0.2, 0) is 6.54 Å². The molecular weight excluding hydrogens is 210 g/mol. The van der Waals surface area contributed by atoms with E-state index in [0.717, 1.165) is 22.2 Å². The van der Waals surface area contributed by atoms with Gasteiger partial charge < -0.3 is 5.73 Å². The molecule has 0 spiro atoms.